The monoisotopic (exact) mass is 1290 g/mol. The smallest absolute Gasteiger partial charge is 0.462 e. The van der Waals surface area contributed by atoms with Crippen LogP contribution in [0.1, 0.15) is 226 Å². The molecule has 1 unspecified atom stereocenters. The minimum absolute atomic E-state index is 0.0298. The second-order valence-electron chi connectivity index (χ2n) is 22.4. The quantitative estimate of drug-likeness (QED) is 0.0168. The summed E-state index contributed by atoms with van der Waals surface area (Å²) in [6.45, 7) is 8.21. The number of rotatable bonds is 69. The Hall–Kier alpha value is -3.61. The zero-order valence-electron chi connectivity index (χ0n) is 55.0. The average Bonchev–Trinajstić information content (AvgIpc) is 3.93. The molecule has 24 heteroatoms. The van der Waals surface area contributed by atoms with Crippen LogP contribution in [0.15, 0.2) is 12.2 Å². The zero-order valence-corrected chi connectivity index (χ0v) is 55.9. The van der Waals surface area contributed by atoms with Crippen molar-refractivity contribution in [3.8, 4) is 0 Å². The van der Waals surface area contributed by atoms with E-state index in [1.54, 1.807) is 0 Å². The van der Waals surface area contributed by atoms with Gasteiger partial charge < -0.3 is 62.9 Å². The van der Waals surface area contributed by atoms with Crippen molar-refractivity contribution in [2.75, 3.05) is 139 Å². The van der Waals surface area contributed by atoms with E-state index in [0.717, 1.165) is 43.4 Å². The molecule has 0 aromatic carbocycles. The average molecular weight is 1290 g/mol. The highest BCUT2D eigenvalue weighted by Gasteiger charge is 2.27. The molecule has 1 aliphatic rings. The van der Waals surface area contributed by atoms with Gasteiger partial charge in [-0.25, -0.2) is 9.36 Å². The highest BCUT2D eigenvalue weighted by molar-refractivity contribution is 7.47. The van der Waals surface area contributed by atoms with E-state index in [0.29, 0.717) is 98.7 Å². The number of nitrogens with one attached hydrogen (secondary N) is 2. The van der Waals surface area contributed by atoms with Gasteiger partial charge >= 0.3 is 25.9 Å². The molecule has 0 aromatic rings. The van der Waals surface area contributed by atoms with Gasteiger partial charge in [0.2, 0.25) is 5.91 Å². The molecule has 0 fully saturated rings. The van der Waals surface area contributed by atoms with Gasteiger partial charge in [0, 0.05) is 51.0 Å². The minimum Gasteiger partial charge on any atom is -0.462 e. The number of phosphoric ester groups is 1. The fraction of sp³-hybridized carbons (Fsp3) is 0.877. The molecule has 23 nitrogen and oxygen atoms in total. The number of alkyl carbamates (subject to hydrolysis) is 1. The fourth-order valence-corrected chi connectivity index (χ4v) is 10.1. The number of hydrogen-bond donors (Lipinski definition) is 3. The number of esters is 2. The maximum atomic E-state index is 12.9. The number of carbonyl (C=O) groups excluding carboxylic acids is 6. The number of nitrogens with zero attached hydrogens (tertiary/aromatic N) is 1. The Morgan fingerprint density at radius 2 is 0.764 bits per heavy atom. The highest BCUT2D eigenvalue weighted by atomic mass is 31.2. The van der Waals surface area contributed by atoms with Crippen molar-refractivity contribution < 1.29 is 94.6 Å². The summed E-state index contributed by atoms with van der Waals surface area (Å²) in [7, 11) is -4.66. The summed E-state index contributed by atoms with van der Waals surface area (Å²) in [6, 6.07) is 0. The van der Waals surface area contributed by atoms with Crippen molar-refractivity contribution in [3.63, 3.8) is 0 Å². The third kappa shape index (κ3) is 58.0. The van der Waals surface area contributed by atoms with E-state index in [2.05, 4.69) is 24.5 Å². The van der Waals surface area contributed by atoms with Crippen molar-refractivity contribution in [2.45, 2.75) is 232 Å². The van der Waals surface area contributed by atoms with Gasteiger partial charge in [-0.1, -0.05) is 194 Å². The standard InChI is InChI=1S/C65H120N3O20P/c1-3-5-7-9-11-13-15-17-19-21-23-25-27-29-31-33-63(72)85-57-59(88-64(73)34-32-30-28-26-24-22-20-18-16-14-12-10-8-6-4-2)58-87-89(75,76)86-42-39-67-65(74)84-56-55-83-54-53-82-52-51-81-50-49-80-48-47-79-46-45-78-44-43-77-41-38-66-60(69)37-40-68-61(70)35-36-62(68)71/h35-36,59H,3-34,37-58H2,1-2H3,(H,66,69)(H,67,74)(H,75,76)/t59-/m1/s1. The molecule has 0 aliphatic carbocycles. The fourth-order valence-electron chi connectivity index (χ4n) is 9.31. The molecule has 1 heterocycles. The van der Waals surface area contributed by atoms with E-state index in [-0.39, 0.29) is 71.3 Å². The summed E-state index contributed by atoms with van der Waals surface area (Å²) in [5.41, 5.74) is 0. The van der Waals surface area contributed by atoms with Crippen LogP contribution in [0.5, 0.6) is 0 Å². The number of hydrogen-bond acceptors (Lipinski definition) is 19. The largest absolute Gasteiger partial charge is 0.472 e. The van der Waals surface area contributed by atoms with Crippen LogP contribution in [0.3, 0.4) is 0 Å². The van der Waals surface area contributed by atoms with Crippen molar-refractivity contribution >= 4 is 43.6 Å². The van der Waals surface area contributed by atoms with Crippen molar-refractivity contribution in [2.24, 2.45) is 0 Å². The molecular weight excluding hydrogens is 1170 g/mol. The SMILES string of the molecule is CCCCCCCCCCCCCCCCCC(=O)OC[C@H](COP(=O)(O)OCCNC(=O)OCCOCCOCCOCCOCCOCCOCCOCCNC(=O)CCN1C(=O)C=CC1=O)OC(=O)CCCCCCCCCCCCCCCCC. The van der Waals surface area contributed by atoms with E-state index in [1.807, 2.05) is 0 Å². The highest BCUT2D eigenvalue weighted by Crippen LogP contribution is 2.43. The number of phosphoric acid groups is 1. The van der Waals surface area contributed by atoms with Crippen molar-refractivity contribution in [3.05, 3.63) is 12.2 Å². The molecule has 0 bridgehead atoms. The third-order valence-corrected chi connectivity index (χ3v) is 15.5. The van der Waals surface area contributed by atoms with Crippen molar-refractivity contribution in [1.29, 1.82) is 0 Å². The minimum atomic E-state index is -4.66. The number of ether oxygens (including phenoxy) is 10. The summed E-state index contributed by atoms with van der Waals surface area (Å²) >= 11 is 0. The number of carbonyl (C=O) groups is 6. The normalized spacial score (nSPS) is 13.3. The molecule has 0 aromatic heterocycles. The zero-order chi connectivity index (χ0) is 64.6. The maximum Gasteiger partial charge on any atom is 0.472 e. The van der Waals surface area contributed by atoms with Gasteiger partial charge in [-0.05, 0) is 12.8 Å². The molecule has 0 radical (unpaired) electrons. The summed E-state index contributed by atoms with van der Waals surface area (Å²) < 4.78 is 77.3. The molecule has 520 valence electrons. The van der Waals surface area contributed by atoms with Gasteiger partial charge in [0.05, 0.1) is 106 Å². The first kappa shape index (κ1) is 83.4. The van der Waals surface area contributed by atoms with Crippen LogP contribution in [0.2, 0.25) is 0 Å². The first-order valence-corrected chi connectivity index (χ1v) is 35.7. The van der Waals surface area contributed by atoms with E-state index in [4.69, 9.17) is 56.4 Å². The second kappa shape index (κ2) is 63.2. The molecule has 2 atom stereocenters. The number of unbranched alkanes of at least 4 members (excludes halogenated alkanes) is 28. The Kier molecular flexibility index (Phi) is 59.2. The van der Waals surface area contributed by atoms with Crippen LogP contribution < -0.4 is 10.6 Å². The molecule has 3 N–H and O–H groups in total. The Labute approximate surface area is 534 Å². The third-order valence-electron chi connectivity index (χ3n) is 14.5. The molecule has 1 rings (SSSR count). The Morgan fingerprint density at radius 3 is 1.17 bits per heavy atom. The molecule has 89 heavy (non-hydrogen) atoms. The van der Waals surface area contributed by atoms with E-state index in [1.165, 1.54) is 153 Å². The van der Waals surface area contributed by atoms with E-state index in [9.17, 15) is 38.2 Å². The molecule has 1 aliphatic heterocycles. The first-order chi connectivity index (χ1) is 43.5. The summed E-state index contributed by atoms with van der Waals surface area (Å²) in [5.74, 6) is -2.04. The van der Waals surface area contributed by atoms with Gasteiger partial charge in [-0.3, -0.25) is 37.9 Å². The topological polar surface area (TPSA) is 278 Å². The maximum absolute atomic E-state index is 12.9. The lowest BCUT2D eigenvalue weighted by atomic mass is 10.0. The lowest BCUT2D eigenvalue weighted by Gasteiger charge is -2.20. The summed E-state index contributed by atoms with van der Waals surface area (Å²) in [4.78, 5) is 84.0. The van der Waals surface area contributed by atoms with Crippen LogP contribution in [0.4, 0.5) is 4.79 Å². The predicted molar refractivity (Wildman–Crippen MR) is 340 cm³/mol. The van der Waals surface area contributed by atoms with Crippen molar-refractivity contribution in [1.82, 2.24) is 15.5 Å². The molecular formula is C65H120N3O20P. The molecule has 0 saturated heterocycles. The van der Waals surface area contributed by atoms with E-state index < -0.39 is 50.4 Å². The second-order valence-corrected chi connectivity index (χ2v) is 23.9. The number of imide groups is 1. The summed E-state index contributed by atoms with van der Waals surface area (Å²) in [6.07, 6.45) is 37.2. The Bertz CT molecular complexity index is 1780. The molecule has 4 amide bonds. The Morgan fingerprint density at radius 1 is 0.416 bits per heavy atom. The Balaban J connectivity index is 2.13. The van der Waals surface area contributed by atoms with Gasteiger partial charge in [0.15, 0.2) is 6.10 Å². The number of amides is 4. The van der Waals surface area contributed by atoms with Gasteiger partial charge in [-0.2, -0.15) is 0 Å². The lowest BCUT2D eigenvalue weighted by Crippen LogP contribution is -2.35. The van der Waals surface area contributed by atoms with Gasteiger partial charge in [0.25, 0.3) is 11.8 Å². The molecule has 0 spiro atoms. The van der Waals surface area contributed by atoms with Crippen LogP contribution in [0, 0.1) is 0 Å². The van der Waals surface area contributed by atoms with Crippen LogP contribution >= 0.6 is 7.82 Å². The summed E-state index contributed by atoms with van der Waals surface area (Å²) in [5, 5.41) is 5.09. The van der Waals surface area contributed by atoms with Crippen LogP contribution in [-0.4, -0.2) is 190 Å². The molecule has 0 saturated carbocycles. The van der Waals surface area contributed by atoms with Crippen LogP contribution in [-0.2, 0) is 85.0 Å². The van der Waals surface area contributed by atoms with Gasteiger partial charge in [0.1, 0.15) is 13.2 Å². The van der Waals surface area contributed by atoms with Gasteiger partial charge in [-0.15, -0.1) is 0 Å². The van der Waals surface area contributed by atoms with Crippen LogP contribution in [0.25, 0.3) is 0 Å². The first-order valence-electron chi connectivity index (χ1n) is 34.2. The predicted octanol–water partition coefficient (Wildman–Crippen LogP) is 11.4. The lowest BCUT2D eigenvalue weighted by molar-refractivity contribution is -0.161. The van der Waals surface area contributed by atoms with E-state index >= 15 is 0 Å².